The van der Waals surface area contributed by atoms with E-state index in [9.17, 15) is 14.0 Å². The third-order valence-corrected chi connectivity index (χ3v) is 4.84. The van der Waals surface area contributed by atoms with Crippen LogP contribution in [0.15, 0.2) is 42.7 Å². The van der Waals surface area contributed by atoms with Crippen LogP contribution in [0.3, 0.4) is 0 Å². The van der Waals surface area contributed by atoms with Gasteiger partial charge in [-0.3, -0.25) is 9.59 Å². The lowest BCUT2D eigenvalue weighted by Gasteiger charge is -2.15. The summed E-state index contributed by atoms with van der Waals surface area (Å²) in [4.78, 5) is 34.7. The highest BCUT2D eigenvalue weighted by molar-refractivity contribution is 6.01. The molecule has 34 heavy (non-hydrogen) atoms. The minimum absolute atomic E-state index is 0.0145. The van der Waals surface area contributed by atoms with Crippen LogP contribution in [0.5, 0.6) is 11.6 Å². The molecule has 0 saturated heterocycles. The second-order valence-electron chi connectivity index (χ2n) is 7.38. The van der Waals surface area contributed by atoms with Gasteiger partial charge in [-0.15, -0.1) is 0 Å². The molecule has 0 atom stereocenters. The van der Waals surface area contributed by atoms with Crippen LogP contribution in [0.1, 0.15) is 23.0 Å². The zero-order chi connectivity index (χ0) is 24.4. The molecule has 0 fully saturated rings. The van der Waals surface area contributed by atoms with Crippen LogP contribution in [0.25, 0.3) is 10.9 Å². The molecule has 9 nitrogen and oxygen atoms in total. The molecule has 2 amide bonds. The molecule has 4 N–H and O–H groups in total. The normalized spacial score (nSPS) is 10.7. The fraction of sp³-hybridized carbons (Fsp3) is 0.130. The van der Waals surface area contributed by atoms with Crippen molar-refractivity contribution in [3.05, 3.63) is 65.6 Å². The fourth-order valence-electron chi connectivity index (χ4n) is 3.36. The largest absolute Gasteiger partial charge is 0.435 e. The third kappa shape index (κ3) is 4.49. The Labute approximate surface area is 192 Å². The van der Waals surface area contributed by atoms with E-state index in [-0.39, 0.29) is 34.1 Å². The highest BCUT2D eigenvalue weighted by atomic mass is 19.1. The number of hydrogen-bond acceptors (Lipinski definition) is 6. The van der Waals surface area contributed by atoms with Gasteiger partial charge < -0.3 is 25.7 Å². The first-order chi connectivity index (χ1) is 16.3. The molecule has 11 heteroatoms. The Morgan fingerprint density at radius 2 is 1.76 bits per heavy atom. The average molecular weight is 466 g/mol. The Balaban J connectivity index is 1.71. The maximum absolute atomic E-state index is 15.0. The third-order valence-electron chi connectivity index (χ3n) is 4.84. The lowest BCUT2D eigenvalue weighted by atomic mass is 10.2. The monoisotopic (exact) mass is 466 g/mol. The van der Waals surface area contributed by atoms with Crippen LogP contribution in [-0.2, 0) is 4.79 Å². The van der Waals surface area contributed by atoms with E-state index in [2.05, 4.69) is 30.9 Å². The number of carbonyl (C=O) groups excluding carboxylic acids is 2. The van der Waals surface area contributed by atoms with Crippen LogP contribution in [0.2, 0.25) is 0 Å². The molecule has 2 aromatic heterocycles. The number of ether oxygens (including phenoxy) is 1. The quantitative estimate of drug-likeness (QED) is 0.334. The van der Waals surface area contributed by atoms with Crippen LogP contribution >= 0.6 is 0 Å². The van der Waals surface area contributed by atoms with Gasteiger partial charge >= 0.3 is 0 Å². The highest BCUT2D eigenvalue weighted by Gasteiger charge is 2.23. The molecule has 0 aliphatic rings. The molecule has 4 rings (SSSR count). The van der Waals surface area contributed by atoms with Crippen molar-refractivity contribution in [2.45, 2.75) is 13.8 Å². The maximum atomic E-state index is 15.0. The topological polar surface area (TPSA) is 121 Å². The van der Waals surface area contributed by atoms with Crippen molar-refractivity contribution in [1.82, 2.24) is 20.3 Å². The zero-order valence-corrected chi connectivity index (χ0v) is 18.4. The molecular weight excluding hydrogens is 446 g/mol. The lowest BCUT2D eigenvalue weighted by Crippen LogP contribution is -2.21. The Morgan fingerprint density at radius 1 is 1.06 bits per heavy atom. The molecular formula is C23H20F2N6O3. The maximum Gasteiger partial charge on any atom is 0.260 e. The van der Waals surface area contributed by atoms with E-state index in [0.29, 0.717) is 17.1 Å². The summed E-state index contributed by atoms with van der Waals surface area (Å²) in [7, 11) is 1.40. The van der Waals surface area contributed by atoms with Gasteiger partial charge in [-0.25, -0.2) is 18.7 Å². The number of rotatable bonds is 6. The summed E-state index contributed by atoms with van der Waals surface area (Å²) in [6, 6.07) is 8.99. The van der Waals surface area contributed by atoms with Crippen LogP contribution in [-0.4, -0.2) is 33.8 Å². The Bertz CT molecular complexity index is 1400. The van der Waals surface area contributed by atoms with Crippen molar-refractivity contribution in [3.63, 3.8) is 0 Å². The number of nitrogens with one attached hydrogen (secondary N) is 4. The van der Waals surface area contributed by atoms with E-state index in [1.54, 1.807) is 31.2 Å². The van der Waals surface area contributed by atoms with Gasteiger partial charge in [0.05, 0.1) is 5.52 Å². The predicted octanol–water partition coefficient (Wildman–Crippen LogP) is 4.40. The van der Waals surface area contributed by atoms with Gasteiger partial charge in [-0.2, -0.15) is 0 Å². The van der Waals surface area contributed by atoms with Crippen LogP contribution in [0.4, 0.5) is 26.0 Å². The number of fused-ring (bicyclic) bond motifs is 1. The summed E-state index contributed by atoms with van der Waals surface area (Å²) >= 11 is 0. The van der Waals surface area contributed by atoms with E-state index in [1.807, 2.05) is 0 Å². The smallest absolute Gasteiger partial charge is 0.260 e. The number of aryl methyl sites for hydroxylation is 1. The Hall–Kier alpha value is -4.54. The molecule has 2 aromatic carbocycles. The van der Waals surface area contributed by atoms with Crippen molar-refractivity contribution in [2.75, 3.05) is 17.7 Å². The number of halogens is 2. The standard InChI is InChI=1S/C23H20F2N6O3/c1-11-8-15-19(25)17(9-16(24)20(15)29-11)34-23-18(22(33)26-3)21(27-10-28-23)31-14-6-4-13(5-7-14)30-12(2)32/h4-10,29H,1-3H3,(H,26,33)(H,30,32)(H,27,28,31). The zero-order valence-electron chi connectivity index (χ0n) is 18.4. The van der Waals surface area contributed by atoms with Crippen LogP contribution in [0, 0.1) is 18.6 Å². The number of carbonyl (C=O) groups is 2. The van der Waals surface area contributed by atoms with E-state index in [1.165, 1.54) is 20.0 Å². The molecule has 2 heterocycles. The van der Waals surface area contributed by atoms with Gasteiger partial charge in [0, 0.05) is 42.5 Å². The minimum Gasteiger partial charge on any atom is -0.435 e. The molecule has 174 valence electrons. The second-order valence-corrected chi connectivity index (χ2v) is 7.38. The summed E-state index contributed by atoms with van der Waals surface area (Å²) in [5, 5.41) is 8.10. The number of benzene rings is 2. The number of anilines is 3. The summed E-state index contributed by atoms with van der Waals surface area (Å²) in [5.41, 5.74) is 1.62. The molecule has 4 aromatic rings. The van der Waals surface area contributed by atoms with Gasteiger partial charge in [-0.05, 0) is 37.3 Å². The Morgan fingerprint density at radius 3 is 2.44 bits per heavy atom. The minimum atomic E-state index is -0.801. The van der Waals surface area contributed by atoms with Crippen molar-refractivity contribution >= 4 is 39.9 Å². The van der Waals surface area contributed by atoms with Crippen molar-refractivity contribution in [3.8, 4) is 11.6 Å². The summed E-state index contributed by atoms with van der Waals surface area (Å²) in [6.07, 6.45) is 1.13. The highest BCUT2D eigenvalue weighted by Crippen LogP contribution is 2.34. The first-order valence-corrected chi connectivity index (χ1v) is 10.1. The number of amides is 2. The fourth-order valence-corrected chi connectivity index (χ4v) is 3.36. The van der Waals surface area contributed by atoms with Crippen LogP contribution < -0.4 is 20.7 Å². The molecule has 0 unspecified atom stereocenters. The van der Waals surface area contributed by atoms with Gasteiger partial charge in [-0.1, -0.05) is 0 Å². The molecule has 0 aliphatic heterocycles. The van der Waals surface area contributed by atoms with Gasteiger partial charge in [0.1, 0.15) is 11.9 Å². The average Bonchev–Trinajstić information content (AvgIpc) is 3.20. The SMILES string of the molecule is CNC(=O)c1c(Nc2ccc(NC(C)=O)cc2)ncnc1Oc1cc(F)c2[nH]c(C)cc2c1F. The van der Waals surface area contributed by atoms with Gasteiger partial charge in [0.25, 0.3) is 5.91 Å². The first-order valence-electron chi connectivity index (χ1n) is 10.1. The molecule has 0 aliphatic carbocycles. The van der Waals surface area contributed by atoms with Gasteiger partial charge in [0.15, 0.2) is 23.2 Å². The van der Waals surface area contributed by atoms with Crippen molar-refractivity contribution in [1.29, 1.82) is 0 Å². The van der Waals surface area contributed by atoms with Gasteiger partial charge in [0.2, 0.25) is 11.8 Å². The Kier molecular flexibility index (Phi) is 6.09. The van der Waals surface area contributed by atoms with E-state index in [4.69, 9.17) is 4.74 Å². The number of nitrogens with zero attached hydrogens (tertiary/aromatic N) is 2. The lowest BCUT2D eigenvalue weighted by molar-refractivity contribution is -0.114. The molecule has 0 saturated carbocycles. The summed E-state index contributed by atoms with van der Waals surface area (Å²) in [5.74, 6) is -2.95. The van der Waals surface area contributed by atoms with Crippen molar-refractivity contribution in [2.24, 2.45) is 0 Å². The number of hydrogen-bond donors (Lipinski definition) is 4. The molecule has 0 spiro atoms. The van der Waals surface area contributed by atoms with Crippen molar-refractivity contribution < 1.29 is 23.1 Å². The first kappa shape index (κ1) is 22.6. The summed E-state index contributed by atoms with van der Waals surface area (Å²) in [6.45, 7) is 3.07. The van der Waals surface area contributed by atoms with E-state index < -0.39 is 23.3 Å². The number of aromatic amines is 1. The number of H-pyrrole nitrogens is 1. The second kappa shape index (κ2) is 9.14. The van der Waals surface area contributed by atoms with E-state index in [0.717, 1.165) is 12.4 Å². The number of aromatic nitrogens is 3. The van der Waals surface area contributed by atoms with E-state index >= 15 is 4.39 Å². The summed E-state index contributed by atoms with van der Waals surface area (Å²) < 4.78 is 35.1. The molecule has 0 bridgehead atoms. The predicted molar refractivity (Wildman–Crippen MR) is 122 cm³/mol. The molecule has 0 radical (unpaired) electrons.